The van der Waals surface area contributed by atoms with Crippen LogP contribution in [-0.4, -0.2) is 28.8 Å². The Kier molecular flexibility index (Phi) is 3.79. The Hall–Kier alpha value is -2.08. The van der Waals surface area contributed by atoms with E-state index in [1.165, 1.54) is 0 Å². The standard InChI is InChI=1S/C15H17N3O2S/c1-4-5-14-17-18-11(9-16-15(18)21-14)10-6-7-12(19-2)13(8-10)20-3/h6-9H,4-5H2,1-3H3. The van der Waals surface area contributed by atoms with Crippen LogP contribution in [0.5, 0.6) is 11.5 Å². The van der Waals surface area contributed by atoms with Crippen molar-refractivity contribution >= 4 is 16.3 Å². The first-order valence-corrected chi connectivity index (χ1v) is 7.64. The molecule has 6 heteroatoms. The van der Waals surface area contributed by atoms with Crippen molar-refractivity contribution in [3.63, 3.8) is 0 Å². The van der Waals surface area contributed by atoms with Crippen LogP contribution in [0.1, 0.15) is 18.4 Å². The zero-order chi connectivity index (χ0) is 14.8. The Labute approximate surface area is 127 Å². The van der Waals surface area contributed by atoms with Crippen LogP contribution in [0.3, 0.4) is 0 Å². The molecule has 0 fully saturated rings. The Morgan fingerprint density at radius 2 is 2.00 bits per heavy atom. The first-order chi connectivity index (χ1) is 10.3. The number of imidazole rings is 1. The monoisotopic (exact) mass is 303 g/mol. The smallest absolute Gasteiger partial charge is 0.212 e. The van der Waals surface area contributed by atoms with E-state index in [9.17, 15) is 0 Å². The van der Waals surface area contributed by atoms with E-state index in [0.29, 0.717) is 11.5 Å². The first kappa shape index (κ1) is 13.9. The van der Waals surface area contributed by atoms with Crippen molar-refractivity contribution in [3.05, 3.63) is 29.4 Å². The Morgan fingerprint density at radius 1 is 1.19 bits per heavy atom. The molecule has 0 atom stereocenters. The minimum atomic E-state index is 0.703. The van der Waals surface area contributed by atoms with E-state index in [0.717, 1.165) is 34.1 Å². The van der Waals surface area contributed by atoms with Gasteiger partial charge in [0.2, 0.25) is 4.96 Å². The molecular weight excluding hydrogens is 286 g/mol. The fourth-order valence-corrected chi connectivity index (χ4v) is 3.21. The van der Waals surface area contributed by atoms with E-state index >= 15 is 0 Å². The van der Waals surface area contributed by atoms with Gasteiger partial charge in [-0.1, -0.05) is 18.3 Å². The molecule has 3 rings (SSSR count). The lowest BCUT2D eigenvalue weighted by atomic mass is 10.1. The maximum Gasteiger partial charge on any atom is 0.212 e. The minimum absolute atomic E-state index is 0.703. The number of methoxy groups -OCH3 is 2. The number of fused-ring (bicyclic) bond motifs is 1. The molecule has 0 saturated heterocycles. The fraction of sp³-hybridized carbons (Fsp3) is 0.333. The molecular formula is C15H17N3O2S. The van der Waals surface area contributed by atoms with Gasteiger partial charge >= 0.3 is 0 Å². The van der Waals surface area contributed by atoms with E-state index in [2.05, 4.69) is 17.0 Å². The Morgan fingerprint density at radius 3 is 2.71 bits per heavy atom. The average molecular weight is 303 g/mol. The van der Waals surface area contributed by atoms with Gasteiger partial charge in [0.25, 0.3) is 0 Å². The number of rotatable bonds is 5. The summed E-state index contributed by atoms with van der Waals surface area (Å²) in [5.41, 5.74) is 1.97. The highest BCUT2D eigenvalue weighted by Gasteiger charge is 2.13. The molecule has 21 heavy (non-hydrogen) atoms. The second kappa shape index (κ2) is 5.73. The quantitative estimate of drug-likeness (QED) is 0.724. The highest BCUT2D eigenvalue weighted by atomic mass is 32.1. The Balaban J connectivity index is 2.07. The fourth-order valence-electron chi connectivity index (χ4n) is 2.24. The second-order valence-corrected chi connectivity index (χ2v) is 5.69. The highest BCUT2D eigenvalue weighted by Crippen LogP contribution is 2.33. The molecule has 0 amide bonds. The lowest BCUT2D eigenvalue weighted by molar-refractivity contribution is 0.355. The summed E-state index contributed by atoms with van der Waals surface area (Å²) in [6, 6.07) is 5.83. The van der Waals surface area contributed by atoms with Gasteiger partial charge in [0.05, 0.1) is 26.1 Å². The molecule has 0 radical (unpaired) electrons. The van der Waals surface area contributed by atoms with Crippen LogP contribution in [0, 0.1) is 0 Å². The summed E-state index contributed by atoms with van der Waals surface area (Å²) in [5, 5.41) is 5.75. The summed E-state index contributed by atoms with van der Waals surface area (Å²) >= 11 is 1.64. The SMILES string of the molecule is CCCc1nn2c(-c3ccc(OC)c(OC)c3)cnc2s1. The van der Waals surface area contributed by atoms with Gasteiger partial charge < -0.3 is 9.47 Å². The normalized spacial score (nSPS) is 11.0. The van der Waals surface area contributed by atoms with Crippen molar-refractivity contribution in [2.24, 2.45) is 0 Å². The molecule has 0 aliphatic heterocycles. The van der Waals surface area contributed by atoms with Crippen molar-refractivity contribution in [2.75, 3.05) is 14.2 Å². The lowest BCUT2D eigenvalue weighted by Crippen LogP contribution is -1.93. The van der Waals surface area contributed by atoms with Crippen LogP contribution in [0.25, 0.3) is 16.2 Å². The summed E-state index contributed by atoms with van der Waals surface area (Å²) in [6.45, 7) is 2.15. The molecule has 0 spiro atoms. The molecule has 1 aromatic carbocycles. The van der Waals surface area contributed by atoms with Crippen LogP contribution < -0.4 is 9.47 Å². The van der Waals surface area contributed by atoms with Gasteiger partial charge in [-0.15, -0.1) is 0 Å². The molecule has 0 aliphatic rings. The van der Waals surface area contributed by atoms with E-state index < -0.39 is 0 Å². The molecule has 110 valence electrons. The van der Waals surface area contributed by atoms with Crippen LogP contribution in [0.15, 0.2) is 24.4 Å². The summed E-state index contributed by atoms with van der Waals surface area (Å²) in [5.74, 6) is 1.42. The predicted molar refractivity (Wildman–Crippen MR) is 83.4 cm³/mol. The van der Waals surface area contributed by atoms with Crippen LogP contribution in [0.2, 0.25) is 0 Å². The molecule has 0 N–H and O–H groups in total. The van der Waals surface area contributed by atoms with Gasteiger partial charge in [0, 0.05) is 12.0 Å². The van der Waals surface area contributed by atoms with Crippen molar-refractivity contribution in [1.29, 1.82) is 0 Å². The topological polar surface area (TPSA) is 48.7 Å². The van der Waals surface area contributed by atoms with Gasteiger partial charge in [-0.05, 0) is 24.6 Å². The molecule has 3 aromatic rings. The van der Waals surface area contributed by atoms with Gasteiger partial charge in [-0.3, -0.25) is 0 Å². The van der Waals surface area contributed by atoms with E-state index in [-0.39, 0.29) is 0 Å². The number of aryl methyl sites for hydroxylation is 1. The van der Waals surface area contributed by atoms with Gasteiger partial charge in [0.1, 0.15) is 5.01 Å². The third-order valence-corrected chi connectivity index (χ3v) is 4.25. The third-order valence-electron chi connectivity index (χ3n) is 3.27. The number of hydrogen-bond acceptors (Lipinski definition) is 5. The van der Waals surface area contributed by atoms with Gasteiger partial charge in [-0.25, -0.2) is 9.50 Å². The number of nitrogens with zero attached hydrogens (tertiary/aromatic N) is 3. The highest BCUT2D eigenvalue weighted by molar-refractivity contribution is 7.16. The van der Waals surface area contributed by atoms with E-state index in [4.69, 9.17) is 9.47 Å². The van der Waals surface area contributed by atoms with Gasteiger partial charge in [-0.2, -0.15) is 5.10 Å². The second-order valence-electron chi connectivity index (χ2n) is 4.65. The largest absolute Gasteiger partial charge is 0.493 e. The lowest BCUT2D eigenvalue weighted by Gasteiger charge is -2.08. The minimum Gasteiger partial charge on any atom is -0.493 e. The number of benzene rings is 1. The van der Waals surface area contributed by atoms with E-state index in [1.807, 2.05) is 28.9 Å². The molecule has 0 bridgehead atoms. The summed E-state index contributed by atoms with van der Waals surface area (Å²) < 4.78 is 12.5. The van der Waals surface area contributed by atoms with Crippen LogP contribution in [-0.2, 0) is 6.42 Å². The first-order valence-electron chi connectivity index (χ1n) is 6.82. The number of hydrogen-bond donors (Lipinski definition) is 0. The van der Waals surface area contributed by atoms with Crippen molar-refractivity contribution in [3.8, 4) is 22.8 Å². The Bertz CT molecular complexity index is 763. The van der Waals surface area contributed by atoms with Crippen LogP contribution in [0.4, 0.5) is 0 Å². The number of ether oxygens (including phenoxy) is 2. The molecule has 0 saturated carbocycles. The predicted octanol–water partition coefficient (Wildman–Crippen LogP) is 3.43. The summed E-state index contributed by atoms with van der Waals surface area (Å²) in [7, 11) is 3.27. The molecule has 2 aromatic heterocycles. The van der Waals surface area contributed by atoms with Crippen molar-refractivity contribution < 1.29 is 9.47 Å². The van der Waals surface area contributed by atoms with Crippen molar-refractivity contribution in [2.45, 2.75) is 19.8 Å². The zero-order valence-electron chi connectivity index (χ0n) is 12.3. The summed E-state index contributed by atoms with van der Waals surface area (Å²) in [6.07, 6.45) is 3.91. The van der Waals surface area contributed by atoms with Gasteiger partial charge in [0.15, 0.2) is 11.5 Å². The maximum absolute atomic E-state index is 5.36. The molecule has 2 heterocycles. The zero-order valence-corrected chi connectivity index (χ0v) is 13.1. The molecule has 0 unspecified atom stereocenters. The average Bonchev–Trinajstić information content (AvgIpc) is 3.06. The van der Waals surface area contributed by atoms with Crippen LogP contribution >= 0.6 is 11.3 Å². The van der Waals surface area contributed by atoms with Crippen molar-refractivity contribution in [1.82, 2.24) is 14.6 Å². The van der Waals surface area contributed by atoms with E-state index in [1.54, 1.807) is 25.6 Å². The third kappa shape index (κ3) is 2.47. The maximum atomic E-state index is 5.36. The summed E-state index contributed by atoms with van der Waals surface area (Å²) in [4.78, 5) is 5.36. The number of aromatic nitrogens is 3. The molecule has 5 nitrogen and oxygen atoms in total. The molecule has 0 aliphatic carbocycles.